The van der Waals surface area contributed by atoms with Crippen LogP contribution in [0, 0.1) is 0 Å². The highest BCUT2D eigenvalue weighted by Crippen LogP contribution is 2.10. The van der Waals surface area contributed by atoms with Crippen LogP contribution in [0.4, 0.5) is 3.89 Å². The van der Waals surface area contributed by atoms with E-state index in [2.05, 4.69) is 5.10 Å². The second-order valence-corrected chi connectivity index (χ2v) is 3.62. The first kappa shape index (κ1) is 10.1. The Morgan fingerprint density at radius 3 is 2.92 bits per heavy atom. The molecule has 1 aromatic rings. The number of hydrogen-bond donors (Lipinski definition) is 0. The van der Waals surface area contributed by atoms with Crippen LogP contribution in [0.15, 0.2) is 17.3 Å². The van der Waals surface area contributed by atoms with Gasteiger partial charge in [-0.15, -0.1) is 0 Å². The number of nitrogens with zero attached hydrogens (tertiary/aromatic N) is 2. The van der Waals surface area contributed by atoms with Crippen molar-refractivity contribution >= 4 is 10.2 Å². The lowest BCUT2D eigenvalue weighted by atomic mass is 10.7. The molecule has 0 aromatic carbocycles. The van der Waals surface area contributed by atoms with Crippen molar-refractivity contribution < 1.29 is 17.0 Å². The predicted molar refractivity (Wildman–Crippen MR) is 42.4 cm³/mol. The average Bonchev–Trinajstić information content (AvgIpc) is 2.47. The summed E-state index contributed by atoms with van der Waals surface area (Å²) in [7, 11) is -3.21. The van der Waals surface area contributed by atoms with Gasteiger partial charge in [0.05, 0.1) is 19.3 Å². The van der Waals surface area contributed by atoms with Crippen molar-refractivity contribution in [3.8, 4) is 0 Å². The minimum absolute atomic E-state index is 0.210. The first-order chi connectivity index (χ1) is 6.05. The van der Waals surface area contributed by atoms with Gasteiger partial charge in [0.1, 0.15) is 0 Å². The molecule has 0 aliphatic heterocycles. The molecule has 74 valence electrons. The van der Waals surface area contributed by atoms with E-state index >= 15 is 0 Å². The molecule has 5 nitrogen and oxygen atoms in total. The Morgan fingerprint density at radius 1 is 1.69 bits per heavy atom. The maximum Gasteiger partial charge on any atom is 0.349 e. The number of methoxy groups -OCH3 is 1. The summed E-state index contributed by atoms with van der Waals surface area (Å²) >= 11 is 0. The van der Waals surface area contributed by atoms with Crippen molar-refractivity contribution in [1.29, 1.82) is 0 Å². The van der Waals surface area contributed by atoms with Gasteiger partial charge in [0.25, 0.3) is 0 Å². The van der Waals surface area contributed by atoms with Crippen molar-refractivity contribution in [2.75, 3.05) is 13.7 Å². The van der Waals surface area contributed by atoms with Crippen LogP contribution in [0.25, 0.3) is 0 Å². The van der Waals surface area contributed by atoms with Crippen molar-refractivity contribution in [2.45, 2.75) is 11.6 Å². The molecule has 0 aliphatic rings. The highest BCUT2D eigenvalue weighted by atomic mass is 32.3. The maximum atomic E-state index is 12.5. The van der Waals surface area contributed by atoms with Crippen molar-refractivity contribution in [3.63, 3.8) is 0 Å². The number of hydrogen-bond acceptors (Lipinski definition) is 4. The smallest absolute Gasteiger partial charge is 0.349 e. The van der Waals surface area contributed by atoms with Crippen LogP contribution >= 0.6 is 0 Å². The quantitative estimate of drug-likeness (QED) is 0.662. The van der Waals surface area contributed by atoms with Gasteiger partial charge in [-0.25, -0.2) is 4.68 Å². The van der Waals surface area contributed by atoms with Crippen molar-refractivity contribution in [2.24, 2.45) is 0 Å². The van der Waals surface area contributed by atoms with E-state index in [1.54, 1.807) is 0 Å². The van der Waals surface area contributed by atoms with Crippen LogP contribution in [0.5, 0.6) is 0 Å². The van der Waals surface area contributed by atoms with Crippen molar-refractivity contribution in [3.05, 3.63) is 12.3 Å². The summed E-state index contributed by atoms with van der Waals surface area (Å²) in [6.07, 6.45) is 1.22. The molecule has 0 amide bonds. The Hall–Kier alpha value is -0.950. The molecule has 0 saturated heterocycles. The minimum atomic E-state index is -4.68. The Balaban J connectivity index is 2.90. The lowest BCUT2D eigenvalue weighted by Crippen LogP contribution is -2.11. The van der Waals surface area contributed by atoms with Gasteiger partial charge in [-0.2, -0.15) is 13.5 Å². The van der Waals surface area contributed by atoms with Crippen LogP contribution in [0.3, 0.4) is 0 Å². The van der Waals surface area contributed by atoms with Gasteiger partial charge in [0.2, 0.25) is 0 Å². The van der Waals surface area contributed by atoms with Gasteiger partial charge in [-0.05, 0) is 6.07 Å². The van der Waals surface area contributed by atoms with Crippen molar-refractivity contribution in [1.82, 2.24) is 9.78 Å². The van der Waals surface area contributed by atoms with Gasteiger partial charge < -0.3 is 4.74 Å². The second kappa shape index (κ2) is 3.84. The fourth-order valence-electron chi connectivity index (χ4n) is 0.873. The van der Waals surface area contributed by atoms with Crippen LogP contribution in [-0.2, 0) is 21.5 Å². The Kier molecular flexibility index (Phi) is 2.99. The van der Waals surface area contributed by atoms with Gasteiger partial charge in [0.15, 0.2) is 5.03 Å². The third-order valence-electron chi connectivity index (χ3n) is 1.43. The summed E-state index contributed by atoms with van der Waals surface area (Å²) in [5.41, 5.74) is 0. The van der Waals surface area contributed by atoms with Crippen LogP contribution in [0.1, 0.15) is 0 Å². The average molecular weight is 208 g/mol. The normalized spacial score (nSPS) is 11.8. The van der Waals surface area contributed by atoms with Crippen LogP contribution in [0.2, 0.25) is 0 Å². The number of rotatable bonds is 4. The van der Waals surface area contributed by atoms with E-state index in [0.29, 0.717) is 0 Å². The van der Waals surface area contributed by atoms with Crippen LogP contribution < -0.4 is 0 Å². The zero-order valence-corrected chi connectivity index (χ0v) is 7.79. The molecular weight excluding hydrogens is 199 g/mol. The molecule has 7 heteroatoms. The van der Waals surface area contributed by atoms with Gasteiger partial charge in [-0.3, -0.25) is 0 Å². The molecule has 0 atom stereocenters. The largest absolute Gasteiger partial charge is 0.383 e. The van der Waals surface area contributed by atoms with E-state index in [1.807, 2.05) is 0 Å². The SMILES string of the molecule is COCCn1nccc1S(=O)(=O)F. The Morgan fingerprint density at radius 2 is 2.38 bits per heavy atom. The third kappa shape index (κ3) is 2.49. The summed E-state index contributed by atoms with van der Waals surface area (Å²) in [5.74, 6) is 0. The maximum absolute atomic E-state index is 12.5. The second-order valence-electron chi connectivity index (χ2n) is 2.32. The predicted octanol–water partition coefficient (Wildman–Crippen LogP) is 0.188. The van der Waals surface area contributed by atoms with Gasteiger partial charge in [0, 0.05) is 7.11 Å². The Bertz CT molecular complexity index is 373. The zero-order chi connectivity index (χ0) is 9.90. The zero-order valence-electron chi connectivity index (χ0n) is 6.97. The molecule has 0 fully saturated rings. The topological polar surface area (TPSA) is 61.2 Å². The molecule has 1 aromatic heterocycles. The molecule has 0 bridgehead atoms. The van der Waals surface area contributed by atoms with E-state index < -0.39 is 15.2 Å². The van der Waals surface area contributed by atoms with Gasteiger partial charge >= 0.3 is 10.2 Å². The summed E-state index contributed by atoms with van der Waals surface area (Å²) in [5, 5.41) is 3.20. The molecular formula is C6H9FN2O3S. The minimum Gasteiger partial charge on any atom is -0.383 e. The molecule has 0 spiro atoms. The van der Waals surface area contributed by atoms with E-state index in [-0.39, 0.29) is 13.2 Å². The standard InChI is InChI=1S/C6H9FN2O3S/c1-12-5-4-9-6(2-3-8-9)13(7,10)11/h2-3H,4-5H2,1H3. The summed E-state index contributed by atoms with van der Waals surface area (Å²) in [4.78, 5) is 0. The summed E-state index contributed by atoms with van der Waals surface area (Å²) in [6.45, 7) is 0.492. The summed E-state index contributed by atoms with van der Waals surface area (Å²) in [6, 6.07) is 1.10. The molecule has 0 saturated carbocycles. The van der Waals surface area contributed by atoms with E-state index in [9.17, 15) is 12.3 Å². The monoisotopic (exact) mass is 208 g/mol. The lowest BCUT2D eigenvalue weighted by molar-refractivity contribution is 0.180. The first-order valence-corrected chi connectivity index (χ1v) is 4.89. The highest BCUT2D eigenvalue weighted by molar-refractivity contribution is 7.86. The molecule has 13 heavy (non-hydrogen) atoms. The van der Waals surface area contributed by atoms with E-state index in [0.717, 1.165) is 10.7 Å². The summed E-state index contributed by atoms with van der Waals surface area (Å²) < 4.78 is 39.3. The lowest BCUT2D eigenvalue weighted by Gasteiger charge is -2.02. The first-order valence-electron chi connectivity index (χ1n) is 3.51. The third-order valence-corrected chi connectivity index (χ3v) is 2.28. The highest BCUT2D eigenvalue weighted by Gasteiger charge is 2.17. The number of ether oxygens (including phenoxy) is 1. The molecule has 0 N–H and O–H groups in total. The van der Waals surface area contributed by atoms with Gasteiger partial charge in [-0.1, -0.05) is 3.89 Å². The van der Waals surface area contributed by atoms with E-state index in [1.165, 1.54) is 13.3 Å². The van der Waals surface area contributed by atoms with Crippen LogP contribution in [-0.4, -0.2) is 31.9 Å². The molecule has 0 radical (unpaired) electrons. The number of aromatic nitrogens is 2. The fourth-order valence-corrected chi connectivity index (χ4v) is 1.49. The molecule has 0 aliphatic carbocycles. The van der Waals surface area contributed by atoms with E-state index in [4.69, 9.17) is 4.74 Å². The number of halogens is 1. The molecule has 1 rings (SSSR count). The molecule has 1 heterocycles. The molecule has 0 unspecified atom stereocenters. The Labute approximate surface area is 75.3 Å². The fraction of sp³-hybridized carbons (Fsp3) is 0.500.